The number of β-lactam (4-membered cyclic amide) rings is 1. The van der Waals surface area contributed by atoms with Gasteiger partial charge in [0.25, 0.3) is 17.0 Å². The van der Waals surface area contributed by atoms with Gasteiger partial charge in [-0.05, 0) is 19.4 Å². The zero-order valence-corrected chi connectivity index (χ0v) is 24.6. The van der Waals surface area contributed by atoms with E-state index in [4.69, 9.17) is 15.0 Å². The van der Waals surface area contributed by atoms with Crippen LogP contribution in [0.2, 0.25) is 0 Å². The molecule has 3 aromatic rings. The predicted molar refractivity (Wildman–Crippen MR) is 154 cm³/mol. The normalized spacial score (nSPS) is 18.8. The van der Waals surface area contributed by atoms with Crippen LogP contribution in [0.15, 0.2) is 43.6 Å². The molecule has 0 aliphatic carbocycles. The number of oxazole rings is 1. The number of aromatic nitrogens is 2. The van der Waals surface area contributed by atoms with Crippen molar-refractivity contribution < 1.29 is 48.9 Å². The number of nitrogens with two attached hydrogens (primary N) is 1. The molecule has 0 unspecified atom stereocenters. The number of fused-ring (bicyclic) bond motifs is 2. The quantitative estimate of drug-likeness (QED) is 0.0596. The fourth-order valence-electron chi connectivity index (χ4n) is 3.95. The van der Waals surface area contributed by atoms with Gasteiger partial charge in [0, 0.05) is 29.0 Å². The van der Waals surface area contributed by atoms with Crippen LogP contribution < -0.4 is 11.1 Å². The minimum atomic E-state index is -1.79. The first kappa shape index (κ1) is 30.0. The summed E-state index contributed by atoms with van der Waals surface area (Å²) >= 11 is 3.30. The molecule has 0 bridgehead atoms. The summed E-state index contributed by atoms with van der Waals surface area (Å²) in [5.41, 5.74) is 4.16. The van der Waals surface area contributed by atoms with Crippen molar-refractivity contribution in [3.8, 4) is 11.5 Å². The fraction of sp³-hybridized carbons (Fsp3) is 0.292. The van der Waals surface area contributed by atoms with E-state index in [9.17, 15) is 39.6 Å². The lowest BCUT2D eigenvalue weighted by molar-refractivity contribution is -0.161. The van der Waals surface area contributed by atoms with E-state index in [1.165, 1.54) is 43.1 Å². The first-order valence-electron chi connectivity index (χ1n) is 12.1. The third kappa shape index (κ3) is 5.77. The Labute approximate surface area is 253 Å². The van der Waals surface area contributed by atoms with Gasteiger partial charge >= 0.3 is 11.9 Å². The van der Waals surface area contributed by atoms with Crippen LogP contribution in [-0.4, -0.2) is 93.3 Å². The number of benzene rings is 1. The van der Waals surface area contributed by atoms with Gasteiger partial charge in [-0.3, -0.25) is 14.5 Å². The van der Waals surface area contributed by atoms with Gasteiger partial charge in [-0.25, -0.2) is 19.6 Å². The Bertz CT molecular complexity index is 1690. The molecule has 5 rings (SSSR count). The van der Waals surface area contributed by atoms with Crippen LogP contribution in [0, 0.1) is 0 Å². The van der Waals surface area contributed by atoms with Gasteiger partial charge < -0.3 is 40.7 Å². The molecule has 43 heavy (non-hydrogen) atoms. The number of nitrogens with zero attached hydrogens (tertiary/aromatic N) is 4. The van der Waals surface area contributed by atoms with Crippen molar-refractivity contribution in [2.24, 2.45) is 5.16 Å². The van der Waals surface area contributed by atoms with Gasteiger partial charge in [0.1, 0.15) is 28.3 Å². The van der Waals surface area contributed by atoms with Crippen molar-refractivity contribution in [3.63, 3.8) is 0 Å². The van der Waals surface area contributed by atoms with E-state index in [0.29, 0.717) is 11.1 Å². The SMILES string of the molecule is CC(C)(O/N=C(\C(=O)N[C@@H]1C(=O)N2C(C(=O)O)=C(CSc3nc4cc(O)c(O)cc4o3)CS[C@H]12)c1csc(N)n1)C(=O)O. The Hall–Kier alpha value is -4.49. The number of nitrogens with one attached hydrogen (secondary N) is 1. The van der Waals surface area contributed by atoms with Crippen LogP contribution in [0.4, 0.5) is 5.13 Å². The van der Waals surface area contributed by atoms with Gasteiger partial charge in [-0.1, -0.05) is 16.9 Å². The molecule has 1 fully saturated rings. The van der Waals surface area contributed by atoms with Crippen LogP contribution in [0.5, 0.6) is 11.5 Å². The lowest BCUT2D eigenvalue weighted by Crippen LogP contribution is -2.71. The second kappa shape index (κ2) is 11.3. The van der Waals surface area contributed by atoms with Crippen LogP contribution in [0.25, 0.3) is 11.1 Å². The number of phenolic OH excluding ortho intramolecular Hbond substituents is 2. The Balaban J connectivity index is 1.32. The Kier molecular flexibility index (Phi) is 7.88. The maximum Gasteiger partial charge on any atom is 0.352 e. The minimum Gasteiger partial charge on any atom is -0.504 e. The number of carbonyl (C=O) groups is 4. The number of oxime groups is 1. The number of nitrogen functional groups attached to an aromatic ring is 1. The molecule has 2 atom stereocenters. The standard InChI is InChI=1S/C24H22N6O10S3/c1-24(2,21(37)38)40-29-14(10-7-42-22(25)26-10)17(33)28-15-18(34)30-16(20(35)36)8(5-41-19(15)30)6-43-23-27-9-3-11(31)12(32)4-13(9)39-23/h3-4,7,15,19,31-32H,5-6H2,1-2H3,(H2,25,26)(H,28,33)(H,35,36)(H,37,38)/b29-14-/t15-,19-/m1/s1. The average molecular weight is 651 g/mol. The highest BCUT2D eigenvalue weighted by molar-refractivity contribution is 8.01. The topological polar surface area (TPSA) is 251 Å². The minimum absolute atomic E-state index is 0.00355. The number of thiazole rings is 1. The maximum absolute atomic E-state index is 13.2. The van der Waals surface area contributed by atoms with E-state index in [1.807, 2.05) is 0 Å². The number of anilines is 1. The monoisotopic (exact) mass is 650 g/mol. The molecule has 1 aromatic carbocycles. The van der Waals surface area contributed by atoms with Crippen LogP contribution in [0.1, 0.15) is 19.5 Å². The molecule has 2 aromatic heterocycles. The van der Waals surface area contributed by atoms with Gasteiger partial charge in [-0.2, -0.15) is 0 Å². The first-order chi connectivity index (χ1) is 20.3. The van der Waals surface area contributed by atoms with E-state index in [2.05, 4.69) is 20.4 Å². The number of amides is 2. The summed E-state index contributed by atoms with van der Waals surface area (Å²) in [4.78, 5) is 64.4. The Morgan fingerprint density at radius 2 is 1.98 bits per heavy atom. The van der Waals surface area contributed by atoms with E-state index >= 15 is 0 Å². The fourth-order valence-corrected chi connectivity index (χ4v) is 6.82. The highest BCUT2D eigenvalue weighted by atomic mass is 32.2. The lowest BCUT2D eigenvalue weighted by Gasteiger charge is -2.49. The molecule has 1 saturated heterocycles. The number of carboxylic acids is 2. The third-order valence-electron chi connectivity index (χ3n) is 6.23. The summed E-state index contributed by atoms with van der Waals surface area (Å²) < 4.78 is 5.56. The number of hydrogen-bond acceptors (Lipinski definition) is 15. The van der Waals surface area contributed by atoms with E-state index in [-0.39, 0.29) is 50.3 Å². The van der Waals surface area contributed by atoms with Crippen molar-refractivity contribution >= 4 is 80.6 Å². The molecule has 16 nitrogen and oxygen atoms in total. The number of aromatic hydroxyl groups is 2. The third-order valence-corrected chi connectivity index (χ3v) is 9.16. The second-order valence-electron chi connectivity index (χ2n) is 9.61. The summed E-state index contributed by atoms with van der Waals surface area (Å²) in [6.07, 6.45) is 0. The number of phenols is 2. The smallest absolute Gasteiger partial charge is 0.352 e. The largest absolute Gasteiger partial charge is 0.504 e. The molecule has 0 radical (unpaired) electrons. The predicted octanol–water partition coefficient (Wildman–Crippen LogP) is 1.39. The summed E-state index contributed by atoms with van der Waals surface area (Å²) in [5, 5.41) is 45.8. The average Bonchev–Trinajstić information content (AvgIpc) is 3.55. The van der Waals surface area contributed by atoms with Crippen molar-refractivity contribution in [3.05, 3.63) is 34.5 Å². The zero-order chi connectivity index (χ0) is 31.2. The number of rotatable bonds is 10. The molecular weight excluding hydrogens is 628 g/mol. The summed E-state index contributed by atoms with van der Waals surface area (Å²) in [6.45, 7) is 2.46. The molecule has 226 valence electrons. The summed E-state index contributed by atoms with van der Waals surface area (Å²) in [6, 6.07) is 1.32. The summed E-state index contributed by atoms with van der Waals surface area (Å²) in [7, 11) is 0. The molecule has 2 aliphatic rings. The van der Waals surface area contributed by atoms with Gasteiger partial charge in [0.15, 0.2) is 27.9 Å². The highest BCUT2D eigenvalue weighted by Gasteiger charge is 2.54. The number of carbonyl (C=O) groups excluding carboxylic acids is 2. The number of thioether (sulfide) groups is 2. The molecule has 7 N–H and O–H groups in total. The van der Waals surface area contributed by atoms with Crippen LogP contribution >= 0.6 is 34.9 Å². The highest BCUT2D eigenvalue weighted by Crippen LogP contribution is 2.42. The molecule has 4 heterocycles. The van der Waals surface area contributed by atoms with Crippen LogP contribution in [0.3, 0.4) is 0 Å². The van der Waals surface area contributed by atoms with Crippen molar-refractivity contribution in [2.75, 3.05) is 17.2 Å². The van der Waals surface area contributed by atoms with Gasteiger partial charge in [0.05, 0.1) is 0 Å². The summed E-state index contributed by atoms with van der Waals surface area (Å²) in [5.74, 6) is -4.70. The van der Waals surface area contributed by atoms with E-state index < -0.39 is 46.5 Å². The van der Waals surface area contributed by atoms with E-state index in [0.717, 1.165) is 28.0 Å². The zero-order valence-electron chi connectivity index (χ0n) is 22.1. The molecular formula is C24H22N6O10S3. The van der Waals surface area contributed by atoms with Crippen LogP contribution in [-0.2, 0) is 24.0 Å². The van der Waals surface area contributed by atoms with Gasteiger partial charge in [-0.15, -0.1) is 23.1 Å². The molecule has 0 saturated carbocycles. The first-order valence-corrected chi connectivity index (χ1v) is 15.1. The number of hydrogen-bond donors (Lipinski definition) is 6. The van der Waals surface area contributed by atoms with Crippen molar-refractivity contribution in [1.29, 1.82) is 0 Å². The molecule has 0 spiro atoms. The molecule has 19 heteroatoms. The molecule has 2 amide bonds. The van der Waals surface area contributed by atoms with Crippen molar-refractivity contribution in [1.82, 2.24) is 20.2 Å². The van der Waals surface area contributed by atoms with Crippen molar-refractivity contribution in [2.45, 2.75) is 36.1 Å². The van der Waals surface area contributed by atoms with Gasteiger partial charge in [0.2, 0.25) is 5.60 Å². The Morgan fingerprint density at radius 3 is 2.63 bits per heavy atom. The molecule has 2 aliphatic heterocycles. The Morgan fingerprint density at radius 1 is 1.26 bits per heavy atom. The maximum atomic E-state index is 13.2. The lowest BCUT2D eigenvalue weighted by atomic mass is 10.0. The number of carboxylic acid groups (broad SMARTS) is 2. The second-order valence-corrected chi connectivity index (χ2v) is 12.5. The van der Waals surface area contributed by atoms with E-state index in [1.54, 1.807) is 0 Å². The number of aliphatic carboxylic acids is 2.